The van der Waals surface area contributed by atoms with Gasteiger partial charge in [0.25, 0.3) is 0 Å². The van der Waals surface area contributed by atoms with Crippen LogP contribution in [0.2, 0.25) is 0 Å². The average molecular weight is 246 g/mol. The molecule has 5 heteroatoms. The standard InChI is InChI=1S/C11H12F2O2S/c1-3-9(14)8-5-4-7(15-11(12)13)6-10(8)16-2/h4-6,11H,3H2,1-2H3. The van der Waals surface area contributed by atoms with Gasteiger partial charge < -0.3 is 4.74 Å². The number of halogens is 2. The summed E-state index contributed by atoms with van der Waals surface area (Å²) in [5.41, 5.74) is 0.552. The van der Waals surface area contributed by atoms with E-state index in [1.165, 1.54) is 30.0 Å². The lowest BCUT2D eigenvalue weighted by Crippen LogP contribution is -2.04. The maximum Gasteiger partial charge on any atom is 0.387 e. The van der Waals surface area contributed by atoms with Crippen LogP contribution in [0.5, 0.6) is 5.75 Å². The molecule has 0 spiro atoms. The van der Waals surface area contributed by atoms with E-state index in [9.17, 15) is 13.6 Å². The van der Waals surface area contributed by atoms with Crippen LogP contribution in [0.4, 0.5) is 8.78 Å². The molecule has 0 atom stereocenters. The summed E-state index contributed by atoms with van der Waals surface area (Å²) in [4.78, 5) is 12.2. The molecule has 0 N–H and O–H groups in total. The second-order valence-electron chi connectivity index (χ2n) is 3.02. The minimum atomic E-state index is -2.84. The second kappa shape index (κ2) is 5.84. The molecule has 0 aliphatic carbocycles. The fourth-order valence-corrected chi connectivity index (χ4v) is 1.90. The van der Waals surface area contributed by atoms with Crippen LogP contribution < -0.4 is 4.74 Å². The van der Waals surface area contributed by atoms with E-state index in [4.69, 9.17) is 0 Å². The van der Waals surface area contributed by atoms with Gasteiger partial charge in [-0.3, -0.25) is 4.79 Å². The summed E-state index contributed by atoms with van der Waals surface area (Å²) in [7, 11) is 0. The molecule has 1 aromatic carbocycles. The van der Waals surface area contributed by atoms with Crippen molar-refractivity contribution in [3.63, 3.8) is 0 Å². The van der Waals surface area contributed by atoms with E-state index in [1.807, 2.05) is 0 Å². The van der Waals surface area contributed by atoms with Gasteiger partial charge in [-0.05, 0) is 24.5 Å². The minimum absolute atomic E-state index is 0.00653. The first-order valence-electron chi connectivity index (χ1n) is 4.74. The molecule has 0 aliphatic heterocycles. The summed E-state index contributed by atoms with van der Waals surface area (Å²) < 4.78 is 28.2. The van der Waals surface area contributed by atoms with Crippen LogP contribution in [0.25, 0.3) is 0 Å². The number of hydrogen-bond donors (Lipinski definition) is 0. The number of alkyl halides is 2. The minimum Gasteiger partial charge on any atom is -0.435 e. The van der Waals surface area contributed by atoms with E-state index in [0.29, 0.717) is 16.9 Å². The predicted molar refractivity (Wildman–Crippen MR) is 59.5 cm³/mol. The lowest BCUT2D eigenvalue weighted by atomic mass is 10.1. The topological polar surface area (TPSA) is 26.3 Å². The fourth-order valence-electron chi connectivity index (χ4n) is 1.27. The normalized spacial score (nSPS) is 10.6. The van der Waals surface area contributed by atoms with E-state index in [-0.39, 0.29) is 11.5 Å². The molecule has 88 valence electrons. The van der Waals surface area contributed by atoms with Crippen molar-refractivity contribution in [3.05, 3.63) is 23.8 Å². The van der Waals surface area contributed by atoms with Crippen molar-refractivity contribution in [3.8, 4) is 5.75 Å². The zero-order valence-corrected chi connectivity index (χ0v) is 9.81. The number of carbonyl (C=O) groups excluding carboxylic acids is 1. The fraction of sp³-hybridized carbons (Fsp3) is 0.364. The average Bonchev–Trinajstić information content (AvgIpc) is 2.27. The number of benzene rings is 1. The van der Waals surface area contributed by atoms with E-state index >= 15 is 0 Å². The Kier molecular flexibility index (Phi) is 4.73. The highest BCUT2D eigenvalue weighted by Crippen LogP contribution is 2.27. The molecule has 1 aromatic rings. The monoisotopic (exact) mass is 246 g/mol. The largest absolute Gasteiger partial charge is 0.435 e. The highest BCUT2D eigenvalue weighted by Gasteiger charge is 2.12. The predicted octanol–water partition coefficient (Wildman–Crippen LogP) is 3.60. The van der Waals surface area contributed by atoms with Crippen LogP contribution in [0, 0.1) is 0 Å². The number of carbonyl (C=O) groups is 1. The molecule has 0 amide bonds. The molecule has 0 bridgehead atoms. The summed E-state index contributed by atoms with van der Waals surface area (Å²) in [5, 5.41) is 0. The number of ketones is 1. The number of rotatable bonds is 5. The lowest BCUT2D eigenvalue weighted by molar-refractivity contribution is -0.0499. The Morgan fingerprint density at radius 2 is 2.19 bits per heavy atom. The highest BCUT2D eigenvalue weighted by atomic mass is 32.2. The quantitative estimate of drug-likeness (QED) is 0.586. The second-order valence-corrected chi connectivity index (χ2v) is 3.87. The summed E-state index contributed by atoms with van der Waals surface area (Å²) in [6.45, 7) is -1.09. The summed E-state index contributed by atoms with van der Waals surface area (Å²) >= 11 is 1.33. The molecular formula is C11H12F2O2S. The van der Waals surface area contributed by atoms with Crippen LogP contribution in [0.1, 0.15) is 23.7 Å². The molecule has 0 fully saturated rings. The van der Waals surface area contributed by atoms with E-state index in [0.717, 1.165) is 0 Å². The van der Waals surface area contributed by atoms with Gasteiger partial charge in [0.1, 0.15) is 5.75 Å². The zero-order chi connectivity index (χ0) is 12.1. The molecule has 2 nitrogen and oxygen atoms in total. The van der Waals surface area contributed by atoms with E-state index in [1.54, 1.807) is 13.2 Å². The lowest BCUT2D eigenvalue weighted by Gasteiger charge is -2.09. The zero-order valence-electron chi connectivity index (χ0n) is 9.00. The number of Topliss-reactive ketones (excluding diaryl/α,β-unsaturated/α-hetero) is 1. The van der Waals surface area contributed by atoms with Crippen LogP contribution >= 0.6 is 11.8 Å². The number of thioether (sulfide) groups is 1. The molecule has 0 saturated carbocycles. The van der Waals surface area contributed by atoms with Crippen molar-refractivity contribution in [2.24, 2.45) is 0 Å². The van der Waals surface area contributed by atoms with E-state index < -0.39 is 6.61 Å². The molecule has 0 saturated heterocycles. The molecular weight excluding hydrogens is 234 g/mol. The number of ether oxygens (including phenoxy) is 1. The maximum absolute atomic E-state index is 12.0. The van der Waals surface area contributed by atoms with Crippen LogP contribution in [0.3, 0.4) is 0 Å². The molecule has 0 aliphatic rings. The first-order valence-corrected chi connectivity index (χ1v) is 5.97. The van der Waals surface area contributed by atoms with Gasteiger partial charge in [-0.25, -0.2) is 0 Å². The Balaban J connectivity index is 3.01. The van der Waals surface area contributed by atoms with Crippen molar-refractivity contribution in [2.45, 2.75) is 24.9 Å². The van der Waals surface area contributed by atoms with Crippen molar-refractivity contribution >= 4 is 17.5 Å². The molecule has 0 aromatic heterocycles. The van der Waals surface area contributed by atoms with Crippen LogP contribution in [-0.4, -0.2) is 18.7 Å². The maximum atomic E-state index is 12.0. The van der Waals surface area contributed by atoms with Crippen molar-refractivity contribution in [1.82, 2.24) is 0 Å². The third kappa shape index (κ3) is 3.20. The van der Waals surface area contributed by atoms with Gasteiger partial charge in [-0.15, -0.1) is 11.8 Å². The van der Waals surface area contributed by atoms with Gasteiger partial charge in [0.2, 0.25) is 0 Å². The smallest absolute Gasteiger partial charge is 0.387 e. The van der Waals surface area contributed by atoms with Gasteiger partial charge in [0, 0.05) is 16.9 Å². The van der Waals surface area contributed by atoms with Crippen LogP contribution in [0.15, 0.2) is 23.1 Å². The summed E-state index contributed by atoms with van der Waals surface area (Å²) in [6, 6.07) is 4.36. The number of hydrogen-bond acceptors (Lipinski definition) is 3. The van der Waals surface area contributed by atoms with Gasteiger partial charge in [-0.2, -0.15) is 8.78 Å². The summed E-state index contributed by atoms with van der Waals surface area (Å²) in [5.74, 6) is 0.0694. The Hall–Kier alpha value is -1.10. The Labute approximate surface area is 97.0 Å². The van der Waals surface area contributed by atoms with Crippen LogP contribution in [-0.2, 0) is 0 Å². The first kappa shape index (κ1) is 13.0. The highest BCUT2D eigenvalue weighted by molar-refractivity contribution is 7.98. The van der Waals surface area contributed by atoms with Gasteiger partial charge in [-0.1, -0.05) is 6.92 Å². The Morgan fingerprint density at radius 1 is 1.50 bits per heavy atom. The summed E-state index contributed by atoms with van der Waals surface area (Å²) in [6.07, 6.45) is 2.18. The SMILES string of the molecule is CCC(=O)c1ccc(OC(F)F)cc1SC. The molecule has 0 heterocycles. The molecule has 0 unspecified atom stereocenters. The van der Waals surface area contributed by atoms with E-state index in [2.05, 4.69) is 4.74 Å². The first-order chi connectivity index (χ1) is 7.58. The van der Waals surface area contributed by atoms with Gasteiger partial charge in [0.05, 0.1) is 0 Å². The van der Waals surface area contributed by atoms with Gasteiger partial charge >= 0.3 is 6.61 Å². The molecule has 1 rings (SSSR count). The Morgan fingerprint density at radius 3 is 2.69 bits per heavy atom. The Bertz CT molecular complexity index is 380. The third-order valence-electron chi connectivity index (χ3n) is 2.02. The molecule has 0 radical (unpaired) electrons. The van der Waals surface area contributed by atoms with Crippen molar-refractivity contribution < 1.29 is 18.3 Å². The van der Waals surface area contributed by atoms with Gasteiger partial charge in [0.15, 0.2) is 5.78 Å². The molecule has 16 heavy (non-hydrogen) atoms. The van der Waals surface area contributed by atoms with Crippen molar-refractivity contribution in [1.29, 1.82) is 0 Å². The third-order valence-corrected chi connectivity index (χ3v) is 2.80. The van der Waals surface area contributed by atoms with Crippen molar-refractivity contribution in [2.75, 3.05) is 6.26 Å².